The van der Waals surface area contributed by atoms with Crippen LogP contribution in [0.5, 0.6) is 0 Å². The molecule has 0 unspecified atom stereocenters. The molecule has 0 bridgehead atoms. The van der Waals surface area contributed by atoms with Crippen molar-refractivity contribution in [2.24, 2.45) is 0 Å². The highest BCUT2D eigenvalue weighted by atomic mass is 16.5. The summed E-state index contributed by atoms with van der Waals surface area (Å²) in [5.41, 5.74) is 0. The van der Waals surface area contributed by atoms with Crippen molar-refractivity contribution in [2.75, 3.05) is 6.61 Å². The van der Waals surface area contributed by atoms with Crippen LogP contribution in [0.2, 0.25) is 0 Å². The maximum Gasteiger partial charge on any atom is 0.302 e. The highest BCUT2D eigenvalue weighted by Gasteiger charge is 1.96. The predicted octanol–water partition coefficient (Wildman–Crippen LogP) is 9.15. The van der Waals surface area contributed by atoms with Crippen LogP contribution in [-0.2, 0) is 9.53 Å². The Balaban J connectivity index is 2.99. The lowest BCUT2D eigenvalue weighted by Crippen LogP contribution is -2.00. The van der Waals surface area contributed by atoms with Crippen LogP contribution in [0.3, 0.4) is 0 Å². The van der Waals surface area contributed by atoms with Crippen molar-refractivity contribution >= 4 is 5.97 Å². The molecule has 0 rings (SSSR count). The zero-order valence-corrected chi connectivity index (χ0v) is 19.6. The van der Waals surface area contributed by atoms with Crippen molar-refractivity contribution in [3.8, 4) is 0 Å². The fourth-order valence-electron chi connectivity index (χ4n) is 3.93. The first-order valence-corrected chi connectivity index (χ1v) is 12.9. The molecule has 0 radical (unpaired) electrons. The number of hydrogen-bond acceptors (Lipinski definition) is 2. The van der Waals surface area contributed by atoms with Gasteiger partial charge in [-0.15, -0.1) is 0 Å². The van der Waals surface area contributed by atoms with E-state index < -0.39 is 0 Å². The molecule has 2 heteroatoms. The first-order chi connectivity index (χ1) is 13.8. The van der Waals surface area contributed by atoms with E-state index in [1.165, 1.54) is 142 Å². The van der Waals surface area contributed by atoms with Gasteiger partial charge in [-0.25, -0.2) is 0 Å². The van der Waals surface area contributed by atoms with Gasteiger partial charge in [0.25, 0.3) is 0 Å². The molecular formula is C26H52O2. The molecule has 28 heavy (non-hydrogen) atoms. The Morgan fingerprint density at radius 2 is 0.714 bits per heavy atom. The summed E-state index contributed by atoms with van der Waals surface area (Å²) in [6.07, 6.45) is 30.8. The standard InChI is InChI=1S/C26H52O2/c1-3-4-5-6-7-8-9-10-11-12-13-14-15-16-17-18-19-20-21-22-23-24-25-28-26(2)27/h3-25H2,1-2H3. The minimum absolute atomic E-state index is 0.150. The van der Waals surface area contributed by atoms with Gasteiger partial charge in [-0.2, -0.15) is 0 Å². The van der Waals surface area contributed by atoms with Crippen LogP contribution < -0.4 is 0 Å². The molecule has 0 aromatic carbocycles. The molecule has 2 nitrogen and oxygen atoms in total. The van der Waals surface area contributed by atoms with Gasteiger partial charge < -0.3 is 4.74 Å². The van der Waals surface area contributed by atoms with E-state index in [-0.39, 0.29) is 5.97 Å². The number of hydrogen-bond donors (Lipinski definition) is 0. The van der Waals surface area contributed by atoms with Crippen molar-refractivity contribution < 1.29 is 9.53 Å². The van der Waals surface area contributed by atoms with Crippen molar-refractivity contribution in [3.63, 3.8) is 0 Å². The van der Waals surface area contributed by atoms with Crippen molar-refractivity contribution in [1.82, 2.24) is 0 Å². The van der Waals surface area contributed by atoms with Gasteiger partial charge in [-0.1, -0.05) is 142 Å². The molecule has 0 heterocycles. The molecule has 0 atom stereocenters. The summed E-state index contributed by atoms with van der Waals surface area (Å²) in [5, 5.41) is 0. The van der Waals surface area contributed by atoms with E-state index in [0.717, 1.165) is 6.42 Å². The molecule has 0 aliphatic heterocycles. The van der Waals surface area contributed by atoms with Crippen LogP contribution in [0.15, 0.2) is 0 Å². The van der Waals surface area contributed by atoms with Crippen molar-refractivity contribution in [2.45, 2.75) is 155 Å². The summed E-state index contributed by atoms with van der Waals surface area (Å²) >= 11 is 0. The van der Waals surface area contributed by atoms with E-state index in [1.807, 2.05) is 0 Å². The maximum atomic E-state index is 10.6. The first-order valence-electron chi connectivity index (χ1n) is 12.9. The Kier molecular flexibility index (Phi) is 24.0. The van der Waals surface area contributed by atoms with E-state index in [9.17, 15) is 4.79 Å². The van der Waals surface area contributed by atoms with Gasteiger partial charge in [-0.05, 0) is 6.42 Å². The number of ether oxygens (including phenoxy) is 1. The second-order valence-electron chi connectivity index (χ2n) is 8.76. The lowest BCUT2D eigenvalue weighted by Gasteiger charge is -2.04. The highest BCUT2D eigenvalue weighted by molar-refractivity contribution is 5.65. The topological polar surface area (TPSA) is 26.3 Å². The van der Waals surface area contributed by atoms with E-state index in [2.05, 4.69) is 6.92 Å². The van der Waals surface area contributed by atoms with Crippen LogP contribution in [0.4, 0.5) is 0 Å². The summed E-state index contributed by atoms with van der Waals surface area (Å²) < 4.78 is 4.95. The second kappa shape index (κ2) is 24.5. The third-order valence-corrected chi connectivity index (χ3v) is 5.80. The van der Waals surface area contributed by atoms with Crippen LogP contribution in [0.25, 0.3) is 0 Å². The Morgan fingerprint density at radius 3 is 0.964 bits per heavy atom. The summed E-state index contributed by atoms with van der Waals surface area (Å²) in [7, 11) is 0. The largest absolute Gasteiger partial charge is 0.466 e. The van der Waals surface area contributed by atoms with Gasteiger partial charge in [0, 0.05) is 6.92 Å². The quantitative estimate of drug-likeness (QED) is 0.127. The molecule has 0 spiro atoms. The normalized spacial score (nSPS) is 11.1. The fourth-order valence-corrected chi connectivity index (χ4v) is 3.93. The summed E-state index contributed by atoms with van der Waals surface area (Å²) in [6.45, 7) is 4.38. The van der Waals surface area contributed by atoms with Gasteiger partial charge >= 0.3 is 5.97 Å². The average molecular weight is 397 g/mol. The molecule has 0 fully saturated rings. The maximum absolute atomic E-state index is 10.6. The van der Waals surface area contributed by atoms with Crippen LogP contribution in [0, 0.1) is 0 Å². The molecular weight excluding hydrogens is 344 g/mol. The summed E-state index contributed by atoms with van der Waals surface area (Å²) in [6, 6.07) is 0. The van der Waals surface area contributed by atoms with E-state index in [0.29, 0.717) is 6.61 Å². The molecule has 0 saturated carbocycles. The van der Waals surface area contributed by atoms with Gasteiger partial charge in [0.2, 0.25) is 0 Å². The van der Waals surface area contributed by atoms with E-state index in [4.69, 9.17) is 4.74 Å². The summed E-state index contributed by atoms with van der Waals surface area (Å²) in [5.74, 6) is -0.150. The van der Waals surface area contributed by atoms with Gasteiger partial charge in [-0.3, -0.25) is 4.79 Å². The van der Waals surface area contributed by atoms with Gasteiger partial charge in [0.15, 0.2) is 0 Å². The Bertz CT molecular complexity index is 301. The molecule has 0 aromatic rings. The molecule has 168 valence electrons. The smallest absolute Gasteiger partial charge is 0.302 e. The van der Waals surface area contributed by atoms with Gasteiger partial charge in [0.1, 0.15) is 0 Å². The van der Waals surface area contributed by atoms with Crippen LogP contribution >= 0.6 is 0 Å². The van der Waals surface area contributed by atoms with E-state index >= 15 is 0 Å². The molecule has 0 aliphatic carbocycles. The number of carbonyl (C=O) groups is 1. The Morgan fingerprint density at radius 1 is 0.464 bits per heavy atom. The average Bonchev–Trinajstić information content (AvgIpc) is 2.68. The van der Waals surface area contributed by atoms with Gasteiger partial charge in [0.05, 0.1) is 6.61 Å². The minimum atomic E-state index is -0.150. The Labute approximate surface area is 177 Å². The second-order valence-corrected chi connectivity index (χ2v) is 8.76. The molecule has 0 aromatic heterocycles. The van der Waals surface area contributed by atoms with Crippen LogP contribution in [0.1, 0.15) is 155 Å². The lowest BCUT2D eigenvalue weighted by molar-refractivity contribution is -0.141. The third kappa shape index (κ3) is 25.5. The number of unbranched alkanes of at least 4 members (excludes halogenated alkanes) is 21. The third-order valence-electron chi connectivity index (χ3n) is 5.80. The minimum Gasteiger partial charge on any atom is -0.466 e. The zero-order chi connectivity index (χ0) is 20.5. The SMILES string of the molecule is CCCCCCCCCCCCCCCCCCCCCCCCOC(C)=O. The Hall–Kier alpha value is -0.530. The highest BCUT2D eigenvalue weighted by Crippen LogP contribution is 2.15. The monoisotopic (exact) mass is 396 g/mol. The lowest BCUT2D eigenvalue weighted by atomic mass is 10.0. The van der Waals surface area contributed by atoms with E-state index in [1.54, 1.807) is 0 Å². The van der Waals surface area contributed by atoms with Crippen molar-refractivity contribution in [3.05, 3.63) is 0 Å². The molecule has 0 amide bonds. The number of rotatable bonds is 23. The molecule has 0 saturated heterocycles. The molecule has 0 N–H and O–H groups in total. The predicted molar refractivity (Wildman–Crippen MR) is 124 cm³/mol. The number of esters is 1. The molecule has 0 aliphatic rings. The fraction of sp³-hybridized carbons (Fsp3) is 0.962. The number of carbonyl (C=O) groups excluding carboxylic acids is 1. The first kappa shape index (κ1) is 27.5. The van der Waals surface area contributed by atoms with Crippen LogP contribution in [-0.4, -0.2) is 12.6 Å². The van der Waals surface area contributed by atoms with Crippen molar-refractivity contribution in [1.29, 1.82) is 0 Å². The summed E-state index contributed by atoms with van der Waals surface area (Å²) in [4.78, 5) is 10.6. The zero-order valence-electron chi connectivity index (χ0n) is 19.6.